The Hall–Kier alpha value is -5.00. The van der Waals surface area contributed by atoms with E-state index in [-0.39, 0.29) is 17.3 Å². The van der Waals surface area contributed by atoms with E-state index in [4.69, 9.17) is 0 Å². The van der Waals surface area contributed by atoms with Crippen LogP contribution in [-0.4, -0.2) is 67.9 Å². The van der Waals surface area contributed by atoms with Gasteiger partial charge in [0.2, 0.25) is 0 Å². The molecule has 5 aromatic rings. The van der Waals surface area contributed by atoms with E-state index in [1.54, 1.807) is 12.1 Å². The third-order valence-electron chi connectivity index (χ3n) is 8.26. The minimum absolute atomic E-state index is 0.0120. The lowest BCUT2D eigenvalue weighted by Gasteiger charge is -2.27. The number of hydrogen-bond acceptors (Lipinski definition) is 7. The summed E-state index contributed by atoms with van der Waals surface area (Å²) < 4.78 is 14.8. The van der Waals surface area contributed by atoms with Gasteiger partial charge in [0.05, 0.1) is 17.9 Å². The molecule has 222 valence electrons. The number of fused-ring (bicyclic) bond motifs is 1. The first-order chi connectivity index (χ1) is 21.5. The average molecular weight is 592 g/mol. The summed E-state index contributed by atoms with van der Waals surface area (Å²) in [6.07, 6.45) is 4.99. The maximum absolute atomic E-state index is 14.8. The van der Waals surface area contributed by atoms with Crippen LogP contribution in [0.5, 0.6) is 0 Å². The van der Waals surface area contributed by atoms with E-state index in [9.17, 15) is 19.1 Å². The molecule has 10 nitrogen and oxygen atoms in total. The number of carbonyl (C=O) groups is 2. The third kappa shape index (κ3) is 5.31. The molecule has 4 N–H and O–H groups in total. The van der Waals surface area contributed by atoms with Gasteiger partial charge in [-0.3, -0.25) is 9.59 Å². The van der Waals surface area contributed by atoms with Gasteiger partial charge >= 0.3 is 0 Å². The molecule has 3 aromatic heterocycles. The summed E-state index contributed by atoms with van der Waals surface area (Å²) >= 11 is 0. The van der Waals surface area contributed by atoms with E-state index in [0.717, 1.165) is 42.8 Å². The minimum Gasteiger partial charge on any atom is -0.392 e. The summed E-state index contributed by atoms with van der Waals surface area (Å²) in [7, 11) is 0. The number of aromatic amines is 1. The first kappa shape index (κ1) is 27.8. The topological polar surface area (TPSA) is 136 Å². The molecule has 2 aromatic carbocycles. The lowest BCUT2D eigenvalue weighted by Crippen LogP contribution is -2.46. The van der Waals surface area contributed by atoms with Crippen molar-refractivity contribution in [2.45, 2.75) is 25.4 Å². The van der Waals surface area contributed by atoms with Crippen molar-refractivity contribution in [1.82, 2.24) is 30.2 Å². The van der Waals surface area contributed by atoms with Gasteiger partial charge in [-0.05, 0) is 66.3 Å². The highest BCUT2D eigenvalue weighted by Gasteiger charge is 2.26. The fourth-order valence-corrected chi connectivity index (χ4v) is 5.70. The maximum atomic E-state index is 14.8. The molecule has 44 heavy (non-hydrogen) atoms. The second-order valence-corrected chi connectivity index (χ2v) is 11.1. The number of aliphatic hydroxyl groups excluding tert-OH is 1. The quantitative estimate of drug-likeness (QED) is 0.219. The zero-order valence-corrected chi connectivity index (χ0v) is 23.8. The highest BCUT2D eigenvalue weighted by Crippen LogP contribution is 2.40. The van der Waals surface area contributed by atoms with Crippen LogP contribution in [0.1, 0.15) is 50.6 Å². The van der Waals surface area contributed by atoms with Crippen LogP contribution in [0.25, 0.3) is 33.5 Å². The number of nitrogens with one attached hydrogen (secondary N) is 3. The monoisotopic (exact) mass is 591 g/mol. The van der Waals surface area contributed by atoms with Crippen LogP contribution in [-0.2, 0) is 6.61 Å². The Kier molecular flexibility index (Phi) is 7.32. The Balaban J connectivity index is 1.17. The van der Waals surface area contributed by atoms with E-state index in [1.165, 1.54) is 24.7 Å². The molecule has 2 fully saturated rings. The number of rotatable bonds is 7. The molecule has 1 aliphatic heterocycles. The zero-order chi connectivity index (χ0) is 30.2. The van der Waals surface area contributed by atoms with Crippen LogP contribution in [0.3, 0.4) is 0 Å². The van der Waals surface area contributed by atoms with E-state index in [1.807, 2.05) is 35.2 Å². The lowest BCUT2D eigenvalue weighted by atomic mass is 10.0. The van der Waals surface area contributed by atoms with Crippen LogP contribution < -0.4 is 10.6 Å². The summed E-state index contributed by atoms with van der Waals surface area (Å²) in [4.78, 5) is 44.3. The van der Waals surface area contributed by atoms with E-state index < -0.39 is 18.3 Å². The minimum atomic E-state index is -0.653. The molecule has 2 aliphatic rings. The van der Waals surface area contributed by atoms with Crippen molar-refractivity contribution in [2.24, 2.45) is 0 Å². The molecular weight excluding hydrogens is 561 g/mol. The van der Waals surface area contributed by atoms with Crippen molar-refractivity contribution in [2.75, 3.05) is 31.5 Å². The number of piperazine rings is 1. The van der Waals surface area contributed by atoms with Gasteiger partial charge in [-0.2, -0.15) is 0 Å². The third-order valence-corrected chi connectivity index (χ3v) is 8.26. The number of carbonyl (C=O) groups excluding carboxylic acids is 2. The predicted molar refractivity (Wildman–Crippen MR) is 164 cm³/mol. The fraction of sp³-hybridized carbons (Fsp3) is 0.242. The number of aromatic nitrogens is 4. The number of aliphatic hydroxyl groups is 1. The normalized spacial score (nSPS) is 15.0. The van der Waals surface area contributed by atoms with Crippen molar-refractivity contribution >= 4 is 28.7 Å². The first-order valence-corrected chi connectivity index (χ1v) is 14.6. The van der Waals surface area contributed by atoms with Crippen molar-refractivity contribution in [3.8, 4) is 22.5 Å². The maximum Gasteiger partial charge on any atom is 0.259 e. The van der Waals surface area contributed by atoms with E-state index in [0.29, 0.717) is 52.4 Å². The summed E-state index contributed by atoms with van der Waals surface area (Å²) in [5, 5.41) is 17.0. The van der Waals surface area contributed by atoms with Crippen molar-refractivity contribution in [3.63, 3.8) is 0 Å². The number of amides is 2. The smallest absolute Gasteiger partial charge is 0.259 e. The fourth-order valence-electron chi connectivity index (χ4n) is 5.70. The molecule has 1 aliphatic carbocycles. The highest BCUT2D eigenvalue weighted by atomic mass is 19.1. The van der Waals surface area contributed by atoms with E-state index >= 15 is 0 Å². The van der Waals surface area contributed by atoms with E-state index in [2.05, 4.69) is 30.6 Å². The summed E-state index contributed by atoms with van der Waals surface area (Å²) in [6.45, 7) is 2.51. The number of hydrogen-bond donors (Lipinski definition) is 4. The second kappa shape index (κ2) is 11.6. The van der Waals surface area contributed by atoms with Gasteiger partial charge in [0, 0.05) is 60.1 Å². The lowest BCUT2D eigenvalue weighted by molar-refractivity contribution is 0.0735. The van der Waals surface area contributed by atoms with Crippen molar-refractivity contribution in [3.05, 3.63) is 95.2 Å². The van der Waals surface area contributed by atoms with Crippen LogP contribution >= 0.6 is 0 Å². The van der Waals surface area contributed by atoms with Gasteiger partial charge in [-0.25, -0.2) is 19.3 Å². The first-order valence-electron chi connectivity index (χ1n) is 14.6. The molecule has 1 saturated carbocycles. The molecule has 0 bridgehead atoms. The summed E-state index contributed by atoms with van der Waals surface area (Å²) in [5.41, 5.74) is 5.09. The van der Waals surface area contributed by atoms with Crippen LogP contribution in [0.15, 0.2) is 67.1 Å². The zero-order valence-electron chi connectivity index (χ0n) is 23.8. The van der Waals surface area contributed by atoms with Gasteiger partial charge in [-0.15, -0.1) is 0 Å². The van der Waals surface area contributed by atoms with Crippen molar-refractivity contribution < 1.29 is 19.1 Å². The second-order valence-electron chi connectivity index (χ2n) is 11.1. The van der Waals surface area contributed by atoms with Crippen molar-refractivity contribution in [1.29, 1.82) is 0 Å². The predicted octanol–water partition coefficient (Wildman–Crippen LogP) is 4.49. The number of H-pyrrole nitrogens is 1. The largest absolute Gasteiger partial charge is 0.392 e. The molecule has 11 heteroatoms. The Morgan fingerprint density at radius 3 is 2.52 bits per heavy atom. The molecule has 7 rings (SSSR count). The van der Waals surface area contributed by atoms with Crippen LogP contribution in [0, 0.1) is 5.82 Å². The number of halogens is 1. The van der Waals surface area contributed by atoms with Gasteiger partial charge < -0.3 is 25.6 Å². The Bertz CT molecular complexity index is 1880. The molecule has 4 heterocycles. The highest BCUT2D eigenvalue weighted by molar-refractivity contribution is 6.05. The Labute approximate surface area is 252 Å². The van der Waals surface area contributed by atoms with Crippen LogP contribution in [0.4, 0.5) is 10.2 Å². The molecule has 1 saturated heterocycles. The van der Waals surface area contributed by atoms with Gasteiger partial charge in [0.15, 0.2) is 0 Å². The van der Waals surface area contributed by atoms with Gasteiger partial charge in [-0.1, -0.05) is 18.2 Å². The number of nitrogens with zero attached hydrogens (tertiary/aromatic N) is 4. The molecular formula is C33H30FN7O3. The average Bonchev–Trinajstić information content (AvgIpc) is 3.82. The summed E-state index contributed by atoms with van der Waals surface area (Å²) in [6, 6.07) is 15.7. The number of anilines is 1. The standard InChI is InChI=1S/C33H30FN7O3/c34-27-15-22(19-1-2-19)7-8-24(27)32(43)40-31-26(17-42)23(9-10-36-31)29-25-16-28(39-30(25)38-18-37-29)20-3-5-21(6-4-20)33(44)41-13-11-35-12-14-41/h3-10,15-16,18-19,35,42H,1-2,11-14,17H2,(H,36,40,43)(H,37,38,39). The number of benzene rings is 2. The van der Waals surface area contributed by atoms with Crippen LogP contribution in [0.2, 0.25) is 0 Å². The van der Waals surface area contributed by atoms with Gasteiger partial charge in [0.1, 0.15) is 23.6 Å². The molecule has 0 radical (unpaired) electrons. The number of pyridine rings is 1. The SMILES string of the molecule is O=C(Nc1nccc(-c2ncnc3[nH]c(-c4ccc(C(=O)N5CCNCC5)cc4)cc23)c1CO)c1ccc(C2CC2)cc1F. The summed E-state index contributed by atoms with van der Waals surface area (Å²) in [5.74, 6) is -0.747. The Morgan fingerprint density at radius 1 is 1.00 bits per heavy atom. The molecule has 2 amide bonds. The molecule has 0 unspecified atom stereocenters. The molecule has 0 spiro atoms. The van der Waals surface area contributed by atoms with Gasteiger partial charge in [0.25, 0.3) is 11.8 Å². The Morgan fingerprint density at radius 2 is 1.80 bits per heavy atom. The molecule has 0 atom stereocenters.